The Morgan fingerprint density at radius 2 is 1.76 bits per heavy atom. The average molecular weight is 407 g/mol. The van der Waals surface area contributed by atoms with Crippen LogP contribution in [0.15, 0.2) is 70.6 Å². The van der Waals surface area contributed by atoms with Crippen LogP contribution in [0.5, 0.6) is 5.75 Å². The summed E-state index contributed by atoms with van der Waals surface area (Å²) in [7, 11) is 0.161. The molecule has 0 bridgehead atoms. The number of fused-ring (bicyclic) bond motifs is 1. The zero-order valence-corrected chi connectivity index (χ0v) is 17.1. The largest absolute Gasteiger partial charge is 0.485 e. The van der Waals surface area contributed by atoms with Gasteiger partial charge in [0.05, 0.1) is 11.4 Å². The van der Waals surface area contributed by atoms with E-state index < -0.39 is 9.84 Å². The lowest BCUT2D eigenvalue weighted by Crippen LogP contribution is -2.36. The minimum absolute atomic E-state index is 0.0832. The molecule has 0 spiro atoms. The van der Waals surface area contributed by atoms with Crippen LogP contribution in [-0.4, -0.2) is 49.8 Å². The molecule has 6 nitrogen and oxygen atoms in total. The molecule has 0 saturated carbocycles. The molecular formula is C22H21N3O3S. The summed E-state index contributed by atoms with van der Waals surface area (Å²) in [4.78, 5) is 2.32. The van der Waals surface area contributed by atoms with Crippen LogP contribution in [0.2, 0.25) is 0 Å². The molecule has 2 heterocycles. The molecule has 1 atom stereocenters. The second-order valence-corrected chi connectivity index (χ2v) is 9.46. The number of nitrogens with zero attached hydrogens (tertiary/aromatic N) is 3. The van der Waals surface area contributed by atoms with Gasteiger partial charge >= 0.3 is 0 Å². The lowest BCUT2D eigenvalue weighted by atomic mass is 10.1. The number of benzene rings is 3. The van der Waals surface area contributed by atoms with Gasteiger partial charge in [0.2, 0.25) is 9.84 Å². The van der Waals surface area contributed by atoms with Crippen molar-refractivity contribution >= 4 is 31.5 Å². The summed E-state index contributed by atoms with van der Waals surface area (Å²) in [5, 5.41) is 6.83. The van der Waals surface area contributed by atoms with Crippen molar-refractivity contribution in [3.8, 4) is 5.75 Å². The standard InChI is InChI=1S/C22H21N3O3S/c1-24(2)13-16-14-25-21-18(10-6-11-19(21)28-16)22(23-25)29(26,27)20-12-5-8-15-7-3-4-9-17(15)20/h3-12,16H,13-14H2,1-2H3. The van der Waals surface area contributed by atoms with Gasteiger partial charge in [0.25, 0.3) is 0 Å². The Bertz CT molecular complexity index is 1340. The van der Waals surface area contributed by atoms with E-state index in [1.54, 1.807) is 22.9 Å². The van der Waals surface area contributed by atoms with Gasteiger partial charge in [-0.3, -0.25) is 4.68 Å². The van der Waals surface area contributed by atoms with Gasteiger partial charge in [-0.15, -0.1) is 0 Å². The van der Waals surface area contributed by atoms with Gasteiger partial charge in [-0.1, -0.05) is 42.5 Å². The first-order valence-electron chi connectivity index (χ1n) is 9.49. The van der Waals surface area contributed by atoms with Crippen LogP contribution in [0.1, 0.15) is 0 Å². The quantitative estimate of drug-likeness (QED) is 0.519. The van der Waals surface area contributed by atoms with E-state index in [9.17, 15) is 8.42 Å². The first kappa shape index (κ1) is 18.1. The second-order valence-electron chi connectivity index (χ2n) is 7.62. The maximum atomic E-state index is 13.7. The first-order chi connectivity index (χ1) is 13.9. The van der Waals surface area contributed by atoms with E-state index >= 15 is 0 Å². The van der Waals surface area contributed by atoms with Crippen molar-refractivity contribution in [2.75, 3.05) is 20.6 Å². The van der Waals surface area contributed by atoms with Crippen molar-refractivity contribution in [2.45, 2.75) is 22.6 Å². The minimum atomic E-state index is -3.81. The molecule has 0 amide bonds. The Balaban J connectivity index is 1.70. The number of hydrogen-bond donors (Lipinski definition) is 0. The number of sulfone groups is 1. The summed E-state index contributed by atoms with van der Waals surface area (Å²) in [5.74, 6) is 0.674. The molecule has 0 aliphatic carbocycles. The molecule has 0 radical (unpaired) electrons. The van der Waals surface area contributed by atoms with Gasteiger partial charge in [0.1, 0.15) is 17.4 Å². The van der Waals surface area contributed by atoms with Crippen molar-refractivity contribution in [3.63, 3.8) is 0 Å². The highest BCUT2D eigenvalue weighted by Crippen LogP contribution is 2.37. The fraction of sp³-hybridized carbons (Fsp3) is 0.227. The first-order valence-corrected chi connectivity index (χ1v) is 11.0. The molecule has 4 aromatic rings. The van der Waals surface area contributed by atoms with E-state index in [4.69, 9.17) is 4.74 Å². The lowest BCUT2D eigenvalue weighted by Gasteiger charge is -2.27. The lowest BCUT2D eigenvalue weighted by molar-refractivity contribution is 0.130. The highest BCUT2D eigenvalue weighted by atomic mass is 32.2. The molecule has 1 aliphatic heterocycles. The van der Waals surface area contributed by atoms with Crippen molar-refractivity contribution in [1.29, 1.82) is 0 Å². The Kier molecular flexibility index (Phi) is 4.11. The minimum Gasteiger partial charge on any atom is -0.485 e. The number of para-hydroxylation sites is 1. The van der Waals surface area contributed by atoms with Crippen LogP contribution < -0.4 is 4.74 Å². The number of likely N-dealkylation sites (N-methyl/N-ethyl adjacent to an activating group) is 1. The van der Waals surface area contributed by atoms with Crippen LogP contribution in [0.4, 0.5) is 0 Å². The number of rotatable bonds is 4. The van der Waals surface area contributed by atoms with Gasteiger partial charge < -0.3 is 9.64 Å². The van der Waals surface area contributed by atoms with Crippen molar-refractivity contribution in [3.05, 3.63) is 60.7 Å². The molecule has 148 valence electrons. The van der Waals surface area contributed by atoms with E-state index in [-0.39, 0.29) is 16.0 Å². The monoisotopic (exact) mass is 407 g/mol. The maximum Gasteiger partial charge on any atom is 0.226 e. The van der Waals surface area contributed by atoms with Gasteiger partial charge in [-0.25, -0.2) is 8.42 Å². The summed E-state index contributed by atoms with van der Waals surface area (Å²) in [6, 6.07) is 18.3. The molecular weight excluding hydrogens is 386 g/mol. The fourth-order valence-electron chi connectivity index (χ4n) is 4.05. The topological polar surface area (TPSA) is 64.4 Å². The third-order valence-electron chi connectivity index (χ3n) is 5.23. The molecule has 0 saturated heterocycles. The van der Waals surface area contributed by atoms with Crippen LogP contribution in [0.3, 0.4) is 0 Å². The van der Waals surface area contributed by atoms with E-state index in [1.165, 1.54) is 0 Å². The van der Waals surface area contributed by atoms with Gasteiger partial charge in [0.15, 0.2) is 5.03 Å². The highest BCUT2D eigenvalue weighted by molar-refractivity contribution is 7.91. The molecule has 0 fully saturated rings. The summed E-state index contributed by atoms with van der Waals surface area (Å²) >= 11 is 0. The summed E-state index contributed by atoms with van der Waals surface area (Å²) in [6.07, 6.45) is -0.0869. The van der Waals surface area contributed by atoms with Gasteiger partial charge in [0, 0.05) is 17.3 Å². The zero-order chi connectivity index (χ0) is 20.2. The van der Waals surface area contributed by atoms with Crippen LogP contribution >= 0.6 is 0 Å². The Morgan fingerprint density at radius 1 is 1.03 bits per heavy atom. The van der Waals surface area contributed by atoms with Crippen LogP contribution in [-0.2, 0) is 16.4 Å². The van der Waals surface area contributed by atoms with E-state index in [0.717, 1.165) is 17.4 Å². The number of hydrogen-bond acceptors (Lipinski definition) is 5. The SMILES string of the molecule is CN(C)CC1Cn2nc(S(=O)(=O)c3cccc4ccccc34)c3cccc(c32)O1. The average Bonchev–Trinajstić information content (AvgIpc) is 3.08. The molecule has 1 unspecified atom stereocenters. The highest BCUT2D eigenvalue weighted by Gasteiger charge is 2.31. The Hall–Kier alpha value is -2.90. The molecule has 3 aromatic carbocycles. The predicted octanol–water partition coefficient (Wildman–Crippen LogP) is 3.34. The van der Waals surface area contributed by atoms with E-state index in [2.05, 4.69) is 5.10 Å². The summed E-state index contributed by atoms with van der Waals surface area (Å²) in [6.45, 7) is 1.23. The Labute approximate surface area is 169 Å². The maximum absolute atomic E-state index is 13.7. The van der Waals surface area contributed by atoms with Crippen molar-refractivity contribution < 1.29 is 13.2 Å². The second kappa shape index (κ2) is 6.57. The predicted molar refractivity (Wildman–Crippen MR) is 112 cm³/mol. The Morgan fingerprint density at radius 3 is 2.59 bits per heavy atom. The molecule has 0 N–H and O–H groups in total. The van der Waals surface area contributed by atoms with E-state index in [0.29, 0.717) is 23.1 Å². The third-order valence-corrected chi connectivity index (χ3v) is 6.98. The fourth-order valence-corrected chi connectivity index (χ4v) is 5.65. The molecule has 1 aromatic heterocycles. The van der Waals surface area contributed by atoms with Gasteiger partial charge in [-0.2, -0.15) is 5.10 Å². The summed E-state index contributed by atoms with van der Waals surface area (Å²) < 4.78 is 35.2. The third kappa shape index (κ3) is 2.89. The summed E-state index contributed by atoms with van der Waals surface area (Å²) in [5.41, 5.74) is 0.737. The molecule has 5 rings (SSSR count). The van der Waals surface area contributed by atoms with Crippen molar-refractivity contribution in [2.24, 2.45) is 0 Å². The molecule has 1 aliphatic rings. The van der Waals surface area contributed by atoms with Crippen molar-refractivity contribution in [1.82, 2.24) is 14.7 Å². The molecule has 7 heteroatoms. The van der Waals surface area contributed by atoms with Crippen LogP contribution in [0, 0.1) is 0 Å². The normalized spacial score (nSPS) is 16.4. The van der Waals surface area contributed by atoms with Gasteiger partial charge in [-0.05, 0) is 37.7 Å². The molecule has 29 heavy (non-hydrogen) atoms. The van der Waals surface area contributed by atoms with E-state index in [1.807, 2.05) is 61.5 Å². The number of ether oxygens (including phenoxy) is 1. The van der Waals surface area contributed by atoms with Crippen LogP contribution in [0.25, 0.3) is 21.7 Å². The zero-order valence-electron chi connectivity index (χ0n) is 16.2. The smallest absolute Gasteiger partial charge is 0.226 e. The number of aromatic nitrogens is 2.